The highest BCUT2D eigenvalue weighted by atomic mass is 16.1. The number of nitrogens with zero attached hydrogens (tertiary/aromatic N) is 1. The maximum Gasteiger partial charge on any atom is 0.179 e. The Morgan fingerprint density at radius 2 is 1.80 bits per heavy atom. The predicted molar refractivity (Wildman–Crippen MR) is 105 cm³/mol. The van der Waals surface area contributed by atoms with Crippen LogP contribution in [0.15, 0.2) is 36.4 Å². The third kappa shape index (κ3) is 5.57. The van der Waals surface area contributed by atoms with Gasteiger partial charge in [-0.3, -0.25) is 4.79 Å². The third-order valence-corrected chi connectivity index (χ3v) is 5.26. The summed E-state index contributed by atoms with van der Waals surface area (Å²) in [6.45, 7) is 6.30. The molecule has 0 aliphatic rings. The largest absolute Gasteiger partial charge is 0.345 e. The first-order valence-electron chi connectivity index (χ1n) is 9.34. The lowest BCUT2D eigenvalue weighted by atomic mass is 9.93. The molecule has 0 spiro atoms. The van der Waals surface area contributed by atoms with Gasteiger partial charge < -0.3 is 10.3 Å². The van der Waals surface area contributed by atoms with E-state index in [1.807, 2.05) is 17.7 Å². The molecule has 0 radical (unpaired) electrons. The van der Waals surface area contributed by atoms with Crippen molar-refractivity contribution in [2.75, 3.05) is 0 Å². The van der Waals surface area contributed by atoms with Crippen molar-refractivity contribution in [1.82, 2.24) is 4.57 Å². The van der Waals surface area contributed by atoms with Crippen molar-refractivity contribution in [3.8, 4) is 0 Å². The quantitative estimate of drug-likeness (QED) is 0.678. The Labute approximate surface area is 152 Å². The Morgan fingerprint density at radius 3 is 2.44 bits per heavy atom. The molecule has 1 heterocycles. The van der Waals surface area contributed by atoms with E-state index in [2.05, 4.69) is 51.1 Å². The van der Waals surface area contributed by atoms with Gasteiger partial charge in [-0.25, -0.2) is 0 Å². The van der Waals surface area contributed by atoms with Crippen LogP contribution in [-0.4, -0.2) is 15.9 Å². The van der Waals surface area contributed by atoms with Crippen LogP contribution in [-0.2, 0) is 19.9 Å². The van der Waals surface area contributed by atoms with Gasteiger partial charge in [-0.05, 0) is 63.6 Å². The zero-order chi connectivity index (χ0) is 18.4. The van der Waals surface area contributed by atoms with Crippen molar-refractivity contribution >= 4 is 5.78 Å². The van der Waals surface area contributed by atoms with Crippen LogP contribution in [0.1, 0.15) is 66.8 Å². The van der Waals surface area contributed by atoms with Gasteiger partial charge in [0.15, 0.2) is 5.78 Å². The highest BCUT2D eigenvalue weighted by molar-refractivity contribution is 5.94. The summed E-state index contributed by atoms with van der Waals surface area (Å²) >= 11 is 0. The summed E-state index contributed by atoms with van der Waals surface area (Å²) in [7, 11) is 1.99. The van der Waals surface area contributed by atoms with Crippen molar-refractivity contribution in [1.29, 1.82) is 0 Å². The Bertz CT molecular complexity index is 695. The van der Waals surface area contributed by atoms with Crippen molar-refractivity contribution in [3.05, 3.63) is 58.9 Å². The number of ketones is 1. The van der Waals surface area contributed by atoms with E-state index in [9.17, 15) is 4.79 Å². The molecule has 2 aromatic rings. The summed E-state index contributed by atoms with van der Waals surface area (Å²) in [6.07, 6.45) is 5.23. The molecule has 2 rings (SSSR count). The van der Waals surface area contributed by atoms with Crippen molar-refractivity contribution in [2.24, 2.45) is 12.8 Å². The molecule has 3 nitrogen and oxygen atoms in total. The van der Waals surface area contributed by atoms with E-state index < -0.39 is 0 Å². The van der Waals surface area contributed by atoms with Gasteiger partial charge in [0.1, 0.15) is 0 Å². The normalized spacial score (nSPS) is 13.6. The monoisotopic (exact) mass is 340 g/mol. The first-order chi connectivity index (χ1) is 11.8. The Kier molecular flexibility index (Phi) is 6.60. The average Bonchev–Trinajstić information content (AvgIpc) is 2.96. The number of rotatable bonds is 9. The number of hydrogen-bond donors (Lipinski definition) is 1. The summed E-state index contributed by atoms with van der Waals surface area (Å²) in [5.41, 5.74) is 10.7. The van der Waals surface area contributed by atoms with Crippen LogP contribution in [0, 0.1) is 6.92 Å². The summed E-state index contributed by atoms with van der Waals surface area (Å²) in [6, 6.07) is 12.6. The molecule has 1 aromatic carbocycles. The predicted octanol–water partition coefficient (Wildman–Crippen LogP) is 4.60. The number of hydrogen-bond acceptors (Lipinski definition) is 2. The van der Waals surface area contributed by atoms with Crippen molar-refractivity contribution in [2.45, 2.75) is 64.8 Å². The Hall–Kier alpha value is -1.87. The fraction of sp³-hybridized carbons (Fsp3) is 0.500. The summed E-state index contributed by atoms with van der Waals surface area (Å²) < 4.78 is 2.04. The molecule has 0 fully saturated rings. The number of aryl methyl sites for hydroxylation is 3. The van der Waals surface area contributed by atoms with Gasteiger partial charge in [0.25, 0.3) is 0 Å². The van der Waals surface area contributed by atoms with Gasteiger partial charge in [0.2, 0.25) is 0 Å². The third-order valence-electron chi connectivity index (χ3n) is 5.26. The van der Waals surface area contributed by atoms with E-state index >= 15 is 0 Å². The molecule has 3 heteroatoms. The first kappa shape index (κ1) is 19.5. The van der Waals surface area contributed by atoms with E-state index in [0.717, 1.165) is 37.8 Å². The Morgan fingerprint density at radius 1 is 1.12 bits per heavy atom. The van der Waals surface area contributed by atoms with Crippen LogP contribution in [0.4, 0.5) is 0 Å². The van der Waals surface area contributed by atoms with E-state index in [1.54, 1.807) is 0 Å². The highest BCUT2D eigenvalue weighted by Crippen LogP contribution is 2.18. The molecule has 0 aliphatic heterocycles. The van der Waals surface area contributed by atoms with Crippen molar-refractivity contribution in [3.63, 3.8) is 0 Å². The maximum absolute atomic E-state index is 12.5. The SMILES string of the molecule is CC[C@](C)(N)CCc1ccc(C(=O)CCCc2ccc(C)cc2)n1C. The molecule has 0 amide bonds. The van der Waals surface area contributed by atoms with Crippen LogP contribution < -0.4 is 5.73 Å². The van der Waals surface area contributed by atoms with Gasteiger partial charge in [-0.2, -0.15) is 0 Å². The molecular weight excluding hydrogens is 308 g/mol. The number of nitrogens with two attached hydrogens (primary N) is 1. The smallest absolute Gasteiger partial charge is 0.179 e. The number of benzene rings is 1. The van der Waals surface area contributed by atoms with Gasteiger partial charge in [-0.15, -0.1) is 0 Å². The zero-order valence-corrected chi connectivity index (χ0v) is 16.1. The minimum Gasteiger partial charge on any atom is -0.345 e. The minimum absolute atomic E-state index is 0.136. The number of Topliss-reactive ketones (excluding diaryl/α,β-unsaturated/α-hetero) is 1. The molecule has 1 atom stereocenters. The lowest BCUT2D eigenvalue weighted by molar-refractivity contribution is 0.0972. The standard InChI is InChI=1S/C22H32N2O/c1-5-22(3,23)16-15-19-13-14-20(24(19)4)21(25)8-6-7-18-11-9-17(2)10-12-18/h9-14H,5-8,15-16,23H2,1-4H3/t22-/m0/s1. The second-order valence-electron chi connectivity index (χ2n) is 7.54. The molecule has 2 N–H and O–H groups in total. The van der Waals surface area contributed by atoms with Crippen LogP contribution in [0.2, 0.25) is 0 Å². The zero-order valence-electron chi connectivity index (χ0n) is 16.1. The molecule has 0 saturated heterocycles. The van der Waals surface area contributed by atoms with Gasteiger partial charge in [0, 0.05) is 24.7 Å². The van der Waals surface area contributed by atoms with Crippen LogP contribution in [0.3, 0.4) is 0 Å². The minimum atomic E-state index is -0.136. The lowest BCUT2D eigenvalue weighted by Gasteiger charge is -2.22. The topological polar surface area (TPSA) is 48.0 Å². The maximum atomic E-state index is 12.5. The molecule has 1 aromatic heterocycles. The molecule has 0 bridgehead atoms. The Balaban J connectivity index is 1.88. The number of carbonyl (C=O) groups is 1. The lowest BCUT2D eigenvalue weighted by Crippen LogP contribution is -2.35. The van der Waals surface area contributed by atoms with Crippen molar-refractivity contribution < 1.29 is 4.79 Å². The second-order valence-corrected chi connectivity index (χ2v) is 7.54. The average molecular weight is 341 g/mol. The molecule has 136 valence electrons. The van der Waals surface area contributed by atoms with Gasteiger partial charge >= 0.3 is 0 Å². The molecule has 25 heavy (non-hydrogen) atoms. The van der Waals surface area contributed by atoms with Crippen LogP contribution in [0.25, 0.3) is 0 Å². The summed E-state index contributed by atoms with van der Waals surface area (Å²) in [5, 5.41) is 0. The summed E-state index contributed by atoms with van der Waals surface area (Å²) in [5.74, 6) is 0.229. The van der Waals surface area contributed by atoms with Gasteiger partial charge in [0.05, 0.1) is 5.69 Å². The molecule has 0 saturated carbocycles. The van der Waals surface area contributed by atoms with E-state index in [1.165, 1.54) is 16.8 Å². The van der Waals surface area contributed by atoms with Crippen LogP contribution >= 0.6 is 0 Å². The van der Waals surface area contributed by atoms with E-state index in [0.29, 0.717) is 6.42 Å². The fourth-order valence-corrected chi connectivity index (χ4v) is 3.01. The molecule has 0 unspecified atom stereocenters. The van der Waals surface area contributed by atoms with E-state index in [4.69, 9.17) is 5.73 Å². The molecular formula is C22H32N2O. The summed E-state index contributed by atoms with van der Waals surface area (Å²) in [4.78, 5) is 12.5. The fourth-order valence-electron chi connectivity index (χ4n) is 3.01. The number of aromatic nitrogens is 1. The highest BCUT2D eigenvalue weighted by Gasteiger charge is 2.18. The van der Waals surface area contributed by atoms with Gasteiger partial charge in [-0.1, -0.05) is 36.8 Å². The second kappa shape index (κ2) is 8.48. The van der Waals surface area contributed by atoms with Crippen LogP contribution in [0.5, 0.6) is 0 Å². The van der Waals surface area contributed by atoms with E-state index in [-0.39, 0.29) is 11.3 Å². The first-order valence-corrected chi connectivity index (χ1v) is 9.34. The number of carbonyl (C=O) groups excluding carboxylic acids is 1. The molecule has 0 aliphatic carbocycles.